The third-order valence-electron chi connectivity index (χ3n) is 4.72. The number of rotatable bonds is 5. The van der Waals surface area contributed by atoms with E-state index in [0.29, 0.717) is 17.2 Å². The number of tetrazole rings is 1. The molecular formula is C22H17N7OS. The molecule has 0 fully saturated rings. The molecule has 3 heterocycles. The SMILES string of the molecule is Cn1nnnc1-c1cccc(NC(=O)c2cc(-c3cccs3)nn2-c2ccccc2)c1. The lowest BCUT2D eigenvalue weighted by Crippen LogP contribution is -2.17. The molecule has 0 aliphatic carbocycles. The molecule has 2 aromatic carbocycles. The van der Waals surface area contributed by atoms with Crippen molar-refractivity contribution in [3.05, 3.63) is 83.9 Å². The van der Waals surface area contributed by atoms with E-state index in [1.54, 1.807) is 27.7 Å². The predicted molar refractivity (Wildman–Crippen MR) is 119 cm³/mol. The lowest BCUT2D eigenvalue weighted by atomic mass is 10.2. The zero-order chi connectivity index (χ0) is 21.2. The number of nitrogens with zero attached hydrogens (tertiary/aromatic N) is 6. The molecule has 31 heavy (non-hydrogen) atoms. The van der Waals surface area contributed by atoms with Gasteiger partial charge in [-0.3, -0.25) is 4.79 Å². The largest absolute Gasteiger partial charge is 0.321 e. The van der Waals surface area contributed by atoms with E-state index in [1.165, 1.54) is 0 Å². The Morgan fingerprint density at radius 1 is 1.00 bits per heavy atom. The van der Waals surface area contributed by atoms with Crippen LogP contribution in [0.3, 0.4) is 0 Å². The number of amides is 1. The van der Waals surface area contributed by atoms with Gasteiger partial charge in [0.25, 0.3) is 5.91 Å². The second-order valence-electron chi connectivity index (χ2n) is 6.80. The van der Waals surface area contributed by atoms with Gasteiger partial charge in [0.2, 0.25) is 0 Å². The fourth-order valence-corrected chi connectivity index (χ4v) is 3.94. The first kappa shape index (κ1) is 18.9. The van der Waals surface area contributed by atoms with Crippen molar-refractivity contribution in [2.24, 2.45) is 7.05 Å². The van der Waals surface area contributed by atoms with Gasteiger partial charge in [-0.1, -0.05) is 36.4 Å². The zero-order valence-electron chi connectivity index (χ0n) is 16.5. The minimum Gasteiger partial charge on any atom is -0.321 e. The van der Waals surface area contributed by atoms with Crippen molar-refractivity contribution >= 4 is 22.9 Å². The molecule has 0 saturated carbocycles. The number of benzene rings is 2. The van der Waals surface area contributed by atoms with Crippen molar-refractivity contribution in [3.8, 4) is 27.6 Å². The van der Waals surface area contributed by atoms with E-state index in [2.05, 4.69) is 20.8 Å². The van der Waals surface area contributed by atoms with Crippen LogP contribution in [0.1, 0.15) is 10.5 Å². The van der Waals surface area contributed by atoms with Crippen LogP contribution >= 0.6 is 11.3 Å². The highest BCUT2D eigenvalue weighted by atomic mass is 32.1. The molecule has 3 aromatic heterocycles. The van der Waals surface area contributed by atoms with Gasteiger partial charge < -0.3 is 5.32 Å². The minimum absolute atomic E-state index is 0.257. The first-order valence-electron chi connectivity index (χ1n) is 9.52. The number of hydrogen-bond donors (Lipinski definition) is 1. The fraction of sp³-hybridized carbons (Fsp3) is 0.0455. The number of anilines is 1. The number of nitrogens with one attached hydrogen (secondary N) is 1. The van der Waals surface area contributed by atoms with Gasteiger partial charge >= 0.3 is 0 Å². The molecule has 9 heteroatoms. The van der Waals surface area contributed by atoms with E-state index >= 15 is 0 Å². The molecule has 152 valence electrons. The Hall–Kier alpha value is -4.11. The number of aromatic nitrogens is 6. The summed E-state index contributed by atoms with van der Waals surface area (Å²) in [6.07, 6.45) is 0. The lowest BCUT2D eigenvalue weighted by molar-refractivity contribution is 0.101. The molecular weight excluding hydrogens is 410 g/mol. The number of thiophene rings is 1. The Labute approximate surface area is 181 Å². The van der Waals surface area contributed by atoms with E-state index in [1.807, 2.05) is 78.2 Å². The summed E-state index contributed by atoms with van der Waals surface area (Å²) < 4.78 is 3.25. The van der Waals surface area contributed by atoms with Gasteiger partial charge in [0.05, 0.1) is 10.6 Å². The third kappa shape index (κ3) is 3.74. The molecule has 8 nitrogen and oxygen atoms in total. The van der Waals surface area contributed by atoms with Gasteiger partial charge in [-0.25, -0.2) is 9.36 Å². The summed E-state index contributed by atoms with van der Waals surface area (Å²) >= 11 is 1.58. The molecule has 1 N–H and O–H groups in total. The van der Waals surface area contributed by atoms with Crippen LogP contribution in [-0.2, 0) is 7.05 Å². The summed E-state index contributed by atoms with van der Waals surface area (Å²) in [5.41, 5.74) is 3.46. The Morgan fingerprint density at radius 3 is 2.61 bits per heavy atom. The number of carbonyl (C=O) groups is 1. The van der Waals surface area contributed by atoms with Crippen LogP contribution in [0.15, 0.2) is 78.2 Å². The lowest BCUT2D eigenvalue weighted by Gasteiger charge is -2.09. The first-order valence-corrected chi connectivity index (χ1v) is 10.4. The molecule has 0 atom stereocenters. The predicted octanol–water partition coefficient (Wildman–Crippen LogP) is 4.04. The summed E-state index contributed by atoms with van der Waals surface area (Å²) in [5.74, 6) is 0.359. The molecule has 0 unspecified atom stereocenters. The topological polar surface area (TPSA) is 90.5 Å². The summed E-state index contributed by atoms with van der Waals surface area (Å²) in [5, 5.41) is 21.2. The second kappa shape index (κ2) is 7.96. The smallest absolute Gasteiger partial charge is 0.274 e. The van der Waals surface area contributed by atoms with Crippen molar-refractivity contribution in [2.75, 3.05) is 5.32 Å². The van der Waals surface area contributed by atoms with Gasteiger partial charge in [0, 0.05) is 18.3 Å². The van der Waals surface area contributed by atoms with Gasteiger partial charge in [-0.05, 0) is 52.2 Å². The van der Waals surface area contributed by atoms with E-state index < -0.39 is 0 Å². The first-order chi connectivity index (χ1) is 15.2. The molecule has 0 saturated heterocycles. The normalized spacial score (nSPS) is 10.9. The third-order valence-corrected chi connectivity index (χ3v) is 5.61. The molecule has 0 aliphatic heterocycles. The van der Waals surface area contributed by atoms with Crippen LogP contribution in [0.5, 0.6) is 0 Å². The highest BCUT2D eigenvalue weighted by Crippen LogP contribution is 2.27. The summed E-state index contributed by atoms with van der Waals surface area (Å²) in [6, 6.07) is 22.8. The van der Waals surface area contributed by atoms with E-state index in [9.17, 15) is 4.79 Å². The molecule has 5 aromatic rings. The average Bonchev–Trinajstić information content (AvgIpc) is 3.55. The van der Waals surface area contributed by atoms with Crippen molar-refractivity contribution in [1.82, 2.24) is 30.0 Å². The molecule has 1 amide bonds. The second-order valence-corrected chi connectivity index (χ2v) is 7.75. The van der Waals surface area contributed by atoms with Crippen LogP contribution in [0.4, 0.5) is 5.69 Å². The van der Waals surface area contributed by atoms with Crippen LogP contribution in [0.2, 0.25) is 0 Å². The number of para-hydroxylation sites is 1. The highest BCUT2D eigenvalue weighted by Gasteiger charge is 2.18. The van der Waals surface area contributed by atoms with Crippen LogP contribution in [0.25, 0.3) is 27.6 Å². The monoisotopic (exact) mass is 427 g/mol. The molecule has 0 aliphatic rings. The van der Waals surface area contributed by atoms with Crippen LogP contribution in [-0.4, -0.2) is 35.9 Å². The van der Waals surface area contributed by atoms with E-state index in [-0.39, 0.29) is 5.91 Å². The zero-order valence-corrected chi connectivity index (χ0v) is 17.3. The fourth-order valence-electron chi connectivity index (χ4n) is 3.26. The van der Waals surface area contributed by atoms with Gasteiger partial charge in [0.15, 0.2) is 5.82 Å². The van der Waals surface area contributed by atoms with Gasteiger partial charge in [-0.15, -0.1) is 16.4 Å². The summed E-state index contributed by atoms with van der Waals surface area (Å²) in [6.45, 7) is 0. The van der Waals surface area contributed by atoms with Gasteiger partial charge in [-0.2, -0.15) is 5.10 Å². The Morgan fingerprint density at radius 2 is 1.87 bits per heavy atom. The van der Waals surface area contributed by atoms with Crippen molar-refractivity contribution in [2.45, 2.75) is 0 Å². The molecule has 0 radical (unpaired) electrons. The minimum atomic E-state index is -0.257. The van der Waals surface area contributed by atoms with Crippen LogP contribution < -0.4 is 5.32 Å². The Bertz CT molecular complexity index is 1340. The van der Waals surface area contributed by atoms with Gasteiger partial charge in [0.1, 0.15) is 11.4 Å². The summed E-state index contributed by atoms with van der Waals surface area (Å²) in [7, 11) is 1.77. The summed E-state index contributed by atoms with van der Waals surface area (Å²) in [4.78, 5) is 14.2. The maximum atomic E-state index is 13.2. The maximum absolute atomic E-state index is 13.2. The maximum Gasteiger partial charge on any atom is 0.274 e. The Balaban J connectivity index is 1.50. The number of aryl methyl sites for hydroxylation is 1. The molecule has 0 bridgehead atoms. The standard InChI is InChI=1S/C22H17N7OS/c1-28-21(24-26-27-28)15-7-5-8-16(13-15)23-22(30)19-14-18(20-11-6-12-31-20)25-29(19)17-9-3-2-4-10-17/h2-14H,1H3,(H,23,30). The number of carbonyl (C=O) groups excluding carboxylic acids is 1. The quantitative estimate of drug-likeness (QED) is 0.457. The average molecular weight is 427 g/mol. The van der Waals surface area contributed by atoms with Crippen molar-refractivity contribution in [1.29, 1.82) is 0 Å². The molecule has 0 spiro atoms. The Kier molecular flexibility index (Phi) is 4.85. The van der Waals surface area contributed by atoms with Crippen molar-refractivity contribution < 1.29 is 4.79 Å². The number of hydrogen-bond acceptors (Lipinski definition) is 6. The van der Waals surface area contributed by atoms with E-state index in [4.69, 9.17) is 5.10 Å². The molecule has 5 rings (SSSR count). The van der Waals surface area contributed by atoms with Crippen molar-refractivity contribution in [3.63, 3.8) is 0 Å². The van der Waals surface area contributed by atoms with E-state index in [0.717, 1.165) is 21.8 Å². The van der Waals surface area contributed by atoms with Crippen LogP contribution in [0, 0.1) is 0 Å². The highest BCUT2D eigenvalue weighted by molar-refractivity contribution is 7.13.